The normalized spacial score (nSPS) is 14.6. The van der Waals surface area contributed by atoms with Crippen molar-refractivity contribution >= 4 is 0 Å². The lowest BCUT2D eigenvalue weighted by Crippen LogP contribution is -2.42. The van der Waals surface area contributed by atoms with Crippen LogP contribution in [0.25, 0.3) is 89.9 Å². The highest BCUT2D eigenvalue weighted by Gasteiger charge is 2.56. The molecule has 0 amide bonds. The Morgan fingerprint density at radius 2 is 0.635 bits per heavy atom. The molecule has 2 aromatic heterocycles. The number of hydrogen-bond acceptors (Lipinski definition) is 4. The summed E-state index contributed by atoms with van der Waals surface area (Å²) in [6.45, 7) is 14.3. The van der Waals surface area contributed by atoms with E-state index in [4.69, 9.17) is 19.9 Å². The second kappa shape index (κ2) is 15.6. The van der Waals surface area contributed by atoms with Crippen molar-refractivity contribution in [3.63, 3.8) is 0 Å². The lowest BCUT2D eigenvalue weighted by molar-refractivity contribution is 0.125. The molecular formula is C59H50N4. The van der Waals surface area contributed by atoms with Gasteiger partial charge in [-0.25, -0.2) is 15.0 Å². The molecule has 4 nitrogen and oxygen atoms in total. The van der Waals surface area contributed by atoms with Gasteiger partial charge in [0.1, 0.15) is 0 Å². The number of rotatable bonds is 8. The van der Waals surface area contributed by atoms with Gasteiger partial charge in [0.05, 0.1) is 5.69 Å². The predicted octanol–water partition coefficient (Wildman–Crippen LogP) is 15.2. The highest BCUT2D eigenvalue weighted by Crippen LogP contribution is 2.61. The third-order valence-electron chi connectivity index (χ3n) is 14.3. The molecule has 1 aliphatic carbocycles. The lowest BCUT2D eigenvalue weighted by Gasteiger charge is -2.44. The van der Waals surface area contributed by atoms with Crippen molar-refractivity contribution in [1.82, 2.24) is 19.9 Å². The maximum Gasteiger partial charge on any atom is 0.165 e. The number of nitrogens with zero attached hydrogens (tertiary/aromatic N) is 4. The highest BCUT2D eigenvalue weighted by molar-refractivity contribution is 5.83. The van der Waals surface area contributed by atoms with E-state index in [9.17, 15) is 0 Å². The second-order valence-electron chi connectivity index (χ2n) is 18.4. The average Bonchev–Trinajstić information content (AvgIpc) is 3.44. The molecule has 0 spiro atoms. The van der Waals surface area contributed by atoms with Gasteiger partial charge >= 0.3 is 0 Å². The summed E-state index contributed by atoms with van der Waals surface area (Å²) in [5.41, 5.74) is 16.4. The third kappa shape index (κ3) is 7.16. The van der Waals surface area contributed by atoms with Crippen LogP contribution in [-0.4, -0.2) is 19.9 Å². The van der Waals surface area contributed by atoms with Crippen LogP contribution in [0.1, 0.15) is 52.7 Å². The van der Waals surface area contributed by atoms with E-state index in [1.165, 1.54) is 11.1 Å². The summed E-state index contributed by atoms with van der Waals surface area (Å²) in [6, 6.07) is 66.4. The molecule has 0 N–H and O–H groups in total. The van der Waals surface area contributed by atoms with Gasteiger partial charge in [0.15, 0.2) is 17.5 Å². The van der Waals surface area contributed by atoms with Gasteiger partial charge < -0.3 is 0 Å². The molecular weight excluding hydrogens is 765 g/mol. The summed E-state index contributed by atoms with van der Waals surface area (Å²) in [5.74, 6) is 1.74. The topological polar surface area (TPSA) is 51.6 Å². The molecule has 0 aliphatic heterocycles. The third-order valence-corrected chi connectivity index (χ3v) is 14.3. The average molecular weight is 815 g/mol. The zero-order valence-corrected chi connectivity index (χ0v) is 36.8. The van der Waals surface area contributed by atoms with Crippen molar-refractivity contribution in [2.24, 2.45) is 5.41 Å². The standard InChI is InChI=1S/C59H50N4/c1-57(2)51-29-27-43(37-52(51)58(3,4)59(57,5)6)53-30-28-44(38-60-53)54-61-55(49-33-45(39-19-11-7-12-20-39)31-46(34-49)40-21-13-8-14-22-40)63-56(62-54)50-35-47(41-23-15-9-16-24-41)32-48(36-50)42-25-17-10-18-26-42/h7-38H,1-6H3. The summed E-state index contributed by atoms with van der Waals surface area (Å²) in [4.78, 5) is 21.0. The van der Waals surface area contributed by atoms with Crippen LogP contribution in [0.5, 0.6) is 0 Å². The van der Waals surface area contributed by atoms with Crippen molar-refractivity contribution in [3.05, 3.63) is 205 Å². The number of benzene rings is 7. The quantitative estimate of drug-likeness (QED) is 0.153. The van der Waals surface area contributed by atoms with E-state index in [1.807, 2.05) is 6.20 Å². The summed E-state index contributed by atoms with van der Waals surface area (Å²) < 4.78 is 0. The predicted molar refractivity (Wildman–Crippen MR) is 261 cm³/mol. The second-order valence-corrected chi connectivity index (χ2v) is 18.4. The van der Waals surface area contributed by atoms with Gasteiger partial charge in [-0.15, -0.1) is 0 Å². The van der Waals surface area contributed by atoms with Crippen LogP contribution < -0.4 is 0 Å². The van der Waals surface area contributed by atoms with Crippen LogP contribution in [-0.2, 0) is 10.8 Å². The van der Waals surface area contributed by atoms with Crippen LogP contribution in [0.2, 0.25) is 0 Å². The maximum atomic E-state index is 5.33. The Morgan fingerprint density at radius 1 is 0.286 bits per heavy atom. The Labute approximate surface area is 371 Å². The minimum atomic E-state index is -0.00412. The fourth-order valence-electron chi connectivity index (χ4n) is 9.38. The Balaban J connectivity index is 1.15. The smallest absolute Gasteiger partial charge is 0.165 e. The Morgan fingerprint density at radius 3 is 1.02 bits per heavy atom. The molecule has 0 saturated carbocycles. The van der Waals surface area contributed by atoms with Crippen LogP contribution in [0, 0.1) is 5.41 Å². The minimum Gasteiger partial charge on any atom is -0.255 e. The number of fused-ring (bicyclic) bond motifs is 1. The van der Waals surface area contributed by atoms with Crippen LogP contribution in [0.3, 0.4) is 0 Å². The Kier molecular flexibility index (Phi) is 9.83. The molecule has 7 aromatic carbocycles. The summed E-state index contributed by atoms with van der Waals surface area (Å²) in [6.07, 6.45) is 1.91. The Hall–Kier alpha value is -7.30. The first-order valence-electron chi connectivity index (χ1n) is 21.9. The maximum absolute atomic E-state index is 5.33. The Bertz CT molecular complexity index is 2840. The molecule has 0 saturated heterocycles. The van der Waals surface area contributed by atoms with Gasteiger partial charge in [0.25, 0.3) is 0 Å². The lowest BCUT2D eigenvalue weighted by atomic mass is 9.59. The first kappa shape index (κ1) is 39.8. The van der Waals surface area contributed by atoms with Crippen molar-refractivity contribution < 1.29 is 0 Å². The molecule has 0 radical (unpaired) electrons. The van der Waals surface area contributed by atoms with E-state index in [0.29, 0.717) is 17.5 Å². The molecule has 4 heteroatoms. The molecule has 0 atom stereocenters. The monoisotopic (exact) mass is 814 g/mol. The van der Waals surface area contributed by atoms with Gasteiger partial charge in [-0.3, -0.25) is 4.98 Å². The van der Waals surface area contributed by atoms with Gasteiger partial charge in [0, 0.05) is 28.5 Å². The van der Waals surface area contributed by atoms with Crippen LogP contribution >= 0.6 is 0 Å². The van der Waals surface area contributed by atoms with Gasteiger partial charge in [-0.2, -0.15) is 0 Å². The molecule has 63 heavy (non-hydrogen) atoms. The van der Waals surface area contributed by atoms with E-state index in [2.05, 4.69) is 230 Å². The number of hydrogen-bond donors (Lipinski definition) is 0. The first-order valence-corrected chi connectivity index (χ1v) is 21.9. The fraction of sp³-hybridized carbons (Fsp3) is 0.153. The van der Waals surface area contributed by atoms with Crippen molar-refractivity contribution in [1.29, 1.82) is 0 Å². The molecule has 0 unspecified atom stereocenters. The number of pyridine rings is 1. The van der Waals surface area contributed by atoms with E-state index < -0.39 is 0 Å². The highest BCUT2D eigenvalue weighted by atomic mass is 15.0. The molecule has 9 aromatic rings. The molecule has 10 rings (SSSR count). The van der Waals surface area contributed by atoms with Crippen molar-refractivity contribution in [2.75, 3.05) is 0 Å². The molecule has 0 fully saturated rings. The summed E-state index contributed by atoms with van der Waals surface area (Å²) in [5, 5.41) is 0. The van der Waals surface area contributed by atoms with Gasteiger partial charge in [-0.05, 0) is 126 Å². The molecule has 0 bridgehead atoms. The van der Waals surface area contributed by atoms with Crippen LogP contribution in [0.4, 0.5) is 0 Å². The molecule has 2 heterocycles. The van der Waals surface area contributed by atoms with Gasteiger partial charge in [-0.1, -0.05) is 175 Å². The van der Waals surface area contributed by atoms with E-state index in [0.717, 1.165) is 72.5 Å². The molecule has 1 aliphatic rings. The zero-order valence-electron chi connectivity index (χ0n) is 36.8. The zero-order chi connectivity index (χ0) is 43.3. The number of aromatic nitrogens is 4. The summed E-state index contributed by atoms with van der Waals surface area (Å²) in [7, 11) is 0. The molecule has 306 valence electrons. The van der Waals surface area contributed by atoms with Gasteiger partial charge in [0.2, 0.25) is 0 Å². The fourth-order valence-corrected chi connectivity index (χ4v) is 9.38. The minimum absolute atomic E-state index is 0.00412. The van der Waals surface area contributed by atoms with Crippen molar-refractivity contribution in [3.8, 4) is 89.9 Å². The summed E-state index contributed by atoms with van der Waals surface area (Å²) >= 11 is 0. The van der Waals surface area contributed by atoms with Crippen LogP contribution in [0.15, 0.2) is 194 Å². The first-order chi connectivity index (χ1) is 30.5. The van der Waals surface area contributed by atoms with E-state index in [-0.39, 0.29) is 16.2 Å². The van der Waals surface area contributed by atoms with E-state index >= 15 is 0 Å². The van der Waals surface area contributed by atoms with Crippen molar-refractivity contribution in [2.45, 2.75) is 52.4 Å². The largest absolute Gasteiger partial charge is 0.255 e. The van der Waals surface area contributed by atoms with E-state index in [1.54, 1.807) is 0 Å². The SMILES string of the molecule is CC1(C)c2ccc(-c3ccc(-c4nc(-c5cc(-c6ccccc6)cc(-c6ccccc6)c5)nc(-c5cc(-c6ccccc6)cc(-c6ccccc6)c5)n4)cn3)cc2C(C)(C)C1(C)C.